The molecule has 0 aliphatic heterocycles. The van der Waals surface area contributed by atoms with Crippen molar-refractivity contribution in [3.8, 4) is 0 Å². The summed E-state index contributed by atoms with van der Waals surface area (Å²) in [6.07, 6.45) is -1.25. The molecular weight excluding hydrogens is 166 g/mol. The van der Waals surface area contributed by atoms with Crippen LogP contribution in [0.25, 0.3) is 0 Å². The summed E-state index contributed by atoms with van der Waals surface area (Å²) >= 11 is 0. The Morgan fingerprint density at radius 2 is 2.08 bits per heavy atom. The smallest absolute Gasteiger partial charge is 0.354 e. The standard InChI is InChI=1S/C6H9NO5/c1-2-4(9)7(3-8)5(10)6(11)12/h2,5,8,10H,1,3H2,(H,11,12). The lowest BCUT2D eigenvalue weighted by Gasteiger charge is -2.20. The average molecular weight is 175 g/mol. The van der Waals surface area contributed by atoms with Crippen LogP contribution in [0, 0.1) is 0 Å². The molecule has 0 radical (unpaired) electrons. The molecule has 3 N–H and O–H groups in total. The lowest BCUT2D eigenvalue weighted by molar-refractivity contribution is -0.168. The minimum atomic E-state index is -2.04. The molecule has 1 unspecified atom stereocenters. The molecule has 0 fully saturated rings. The molecule has 1 atom stereocenters. The normalized spacial score (nSPS) is 11.8. The third-order valence-electron chi connectivity index (χ3n) is 1.13. The molecule has 0 aromatic rings. The Labute approximate surface area is 68.3 Å². The summed E-state index contributed by atoms with van der Waals surface area (Å²) in [4.78, 5) is 21.2. The number of aliphatic hydroxyl groups excluding tert-OH is 2. The Hall–Kier alpha value is -1.40. The fourth-order valence-corrected chi connectivity index (χ4v) is 0.518. The van der Waals surface area contributed by atoms with Gasteiger partial charge >= 0.3 is 5.97 Å². The Morgan fingerprint density at radius 3 is 2.33 bits per heavy atom. The SMILES string of the molecule is C=CC(=O)N(CO)C(O)C(=O)O. The quantitative estimate of drug-likeness (QED) is 0.351. The molecule has 0 aromatic carbocycles. The number of nitrogens with zero attached hydrogens (tertiary/aromatic N) is 1. The van der Waals surface area contributed by atoms with Crippen LogP contribution in [-0.2, 0) is 9.59 Å². The van der Waals surface area contributed by atoms with Crippen molar-refractivity contribution >= 4 is 11.9 Å². The third kappa shape index (κ3) is 2.33. The Balaban J connectivity index is 4.43. The van der Waals surface area contributed by atoms with Crippen molar-refractivity contribution in [3.63, 3.8) is 0 Å². The number of carbonyl (C=O) groups is 2. The predicted octanol–water partition coefficient (Wildman–Crippen LogP) is -1.65. The second kappa shape index (κ2) is 4.47. The van der Waals surface area contributed by atoms with E-state index in [1.807, 2.05) is 0 Å². The monoisotopic (exact) mass is 175 g/mol. The van der Waals surface area contributed by atoms with Crippen molar-refractivity contribution in [2.75, 3.05) is 6.73 Å². The van der Waals surface area contributed by atoms with Crippen molar-refractivity contribution in [1.29, 1.82) is 0 Å². The summed E-state index contributed by atoms with van der Waals surface area (Å²) in [6, 6.07) is 0. The number of hydrogen-bond donors (Lipinski definition) is 3. The topological polar surface area (TPSA) is 98.1 Å². The molecule has 68 valence electrons. The van der Waals surface area contributed by atoms with Gasteiger partial charge in [-0.05, 0) is 6.08 Å². The third-order valence-corrected chi connectivity index (χ3v) is 1.13. The fourth-order valence-electron chi connectivity index (χ4n) is 0.518. The molecule has 0 saturated heterocycles. The number of carboxylic acid groups (broad SMARTS) is 1. The van der Waals surface area contributed by atoms with E-state index in [-0.39, 0.29) is 0 Å². The Morgan fingerprint density at radius 1 is 1.58 bits per heavy atom. The first-order valence-electron chi connectivity index (χ1n) is 2.99. The van der Waals surface area contributed by atoms with Crippen molar-refractivity contribution in [1.82, 2.24) is 4.90 Å². The van der Waals surface area contributed by atoms with Crippen LogP contribution in [0.3, 0.4) is 0 Å². The van der Waals surface area contributed by atoms with Crippen LogP contribution in [0.4, 0.5) is 0 Å². The maximum atomic E-state index is 10.7. The molecule has 0 aliphatic rings. The Kier molecular flexibility index (Phi) is 3.95. The molecule has 0 aromatic heterocycles. The van der Waals surface area contributed by atoms with E-state index in [1.165, 1.54) is 0 Å². The van der Waals surface area contributed by atoms with Gasteiger partial charge in [0, 0.05) is 0 Å². The lowest BCUT2D eigenvalue weighted by atomic mass is 10.4. The molecule has 0 aliphatic carbocycles. The molecule has 0 heterocycles. The maximum absolute atomic E-state index is 10.7. The molecule has 6 heteroatoms. The average Bonchev–Trinajstić information content (AvgIpc) is 2.05. The van der Waals surface area contributed by atoms with E-state index >= 15 is 0 Å². The molecular formula is C6H9NO5. The molecule has 6 nitrogen and oxygen atoms in total. The summed E-state index contributed by atoms with van der Waals surface area (Å²) < 4.78 is 0. The van der Waals surface area contributed by atoms with Crippen molar-refractivity contribution in [2.45, 2.75) is 6.23 Å². The molecule has 0 saturated carbocycles. The van der Waals surface area contributed by atoms with Crippen LogP contribution < -0.4 is 0 Å². The number of amides is 1. The van der Waals surface area contributed by atoms with E-state index in [9.17, 15) is 9.59 Å². The summed E-state index contributed by atoms with van der Waals surface area (Å²) in [7, 11) is 0. The van der Waals surface area contributed by atoms with Crippen molar-refractivity contribution in [2.24, 2.45) is 0 Å². The summed E-state index contributed by atoms with van der Waals surface area (Å²) in [5.41, 5.74) is 0. The van der Waals surface area contributed by atoms with Crippen LogP contribution in [0.15, 0.2) is 12.7 Å². The number of hydrogen-bond acceptors (Lipinski definition) is 4. The van der Waals surface area contributed by atoms with Crippen LogP contribution in [0.5, 0.6) is 0 Å². The first kappa shape index (κ1) is 10.6. The number of carboxylic acids is 1. The van der Waals surface area contributed by atoms with Crippen molar-refractivity contribution in [3.05, 3.63) is 12.7 Å². The summed E-state index contributed by atoms with van der Waals surface area (Å²) in [6.45, 7) is 2.19. The predicted molar refractivity (Wildman–Crippen MR) is 37.8 cm³/mol. The van der Waals surface area contributed by atoms with Crippen LogP contribution in [0.2, 0.25) is 0 Å². The fraction of sp³-hybridized carbons (Fsp3) is 0.333. The van der Waals surface area contributed by atoms with Crippen LogP contribution >= 0.6 is 0 Å². The molecule has 0 rings (SSSR count). The first-order chi connectivity index (χ1) is 5.54. The van der Waals surface area contributed by atoms with Gasteiger partial charge in [-0.1, -0.05) is 6.58 Å². The second-order valence-electron chi connectivity index (χ2n) is 1.87. The highest BCUT2D eigenvalue weighted by atomic mass is 16.4. The first-order valence-corrected chi connectivity index (χ1v) is 2.99. The summed E-state index contributed by atoms with van der Waals surface area (Å²) in [5, 5.41) is 25.5. The largest absolute Gasteiger partial charge is 0.478 e. The van der Waals surface area contributed by atoms with E-state index in [2.05, 4.69) is 6.58 Å². The van der Waals surface area contributed by atoms with Gasteiger partial charge in [0.25, 0.3) is 0 Å². The zero-order valence-corrected chi connectivity index (χ0v) is 6.17. The van der Waals surface area contributed by atoms with E-state index < -0.39 is 24.8 Å². The van der Waals surface area contributed by atoms with Gasteiger partial charge in [0.05, 0.1) is 0 Å². The van der Waals surface area contributed by atoms with Gasteiger partial charge in [-0.3, -0.25) is 9.69 Å². The van der Waals surface area contributed by atoms with Crippen LogP contribution in [0.1, 0.15) is 0 Å². The van der Waals surface area contributed by atoms with Gasteiger partial charge in [0.1, 0.15) is 6.73 Å². The van der Waals surface area contributed by atoms with Gasteiger partial charge in [0.15, 0.2) is 0 Å². The molecule has 0 spiro atoms. The van der Waals surface area contributed by atoms with Gasteiger partial charge < -0.3 is 15.3 Å². The van der Waals surface area contributed by atoms with Gasteiger partial charge in [-0.15, -0.1) is 0 Å². The van der Waals surface area contributed by atoms with E-state index in [4.69, 9.17) is 15.3 Å². The zero-order chi connectivity index (χ0) is 9.72. The van der Waals surface area contributed by atoms with E-state index in [1.54, 1.807) is 0 Å². The second-order valence-corrected chi connectivity index (χ2v) is 1.87. The van der Waals surface area contributed by atoms with Gasteiger partial charge in [-0.2, -0.15) is 0 Å². The van der Waals surface area contributed by atoms with E-state index in [0.29, 0.717) is 4.90 Å². The highest BCUT2D eigenvalue weighted by Crippen LogP contribution is 1.96. The molecule has 0 bridgehead atoms. The molecule has 12 heavy (non-hydrogen) atoms. The highest BCUT2D eigenvalue weighted by molar-refractivity contribution is 5.90. The maximum Gasteiger partial charge on any atom is 0.354 e. The van der Waals surface area contributed by atoms with E-state index in [0.717, 1.165) is 6.08 Å². The minimum Gasteiger partial charge on any atom is -0.478 e. The number of aliphatic carboxylic acids is 1. The van der Waals surface area contributed by atoms with Crippen LogP contribution in [-0.4, -0.2) is 45.1 Å². The summed E-state index contributed by atoms with van der Waals surface area (Å²) in [5.74, 6) is -2.47. The number of rotatable bonds is 4. The minimum absolute atomic E-state index is 0.343. The molecule has 1 amide bonds. The highest BCUT2D eigenvalue weighted by Gasteiger charge is 2.24. The van der Waals surface area contributed by atoms with Gasteiger partial charge in [0.2, 0.25) is 12.1 Å². The number of carbonyl (C=O) groups excluding carboxylic acids is 1. The Bertz CT molecular complexity index is 202. The zero-order valence-electron chi connectivity index (χ0n) is 6.17. The van der Waals surface area contributed by atoms with Gasteiger partial charge in [-0.25, -0.2) is 4.79 Å². The lowest BCUT2D eigenvalue weighted by Crippen LogP contribution is -2.44. The van der Waals surface area contributed by atoms with Crippen molar-refractivity contribution < 1.29 is 24.9 Å². The number of aliphatic hydroxyl groups is 2.